The maximum Gasteiger partial charge on any atom is 0.318 e. The second-order valence-corrected chi connectivity index (χ2v) is 4.82. The summed E-state index contributed by atoms with van der Waals surface area (Å²) >= 11 is 0. The molecule has 0 fully saturated rings. The Hall–Kier alpha value is -1.85. The quantitative estimate of drug-likeness (QED) is 0.797. The molecule has 1 aromatic rings. The molecule has 0 bridgehead atoms. The number of nitrogens with one attached hydrogen (secondary N) is 2. The molecule has 18 heavy (non-hydrogen) atoms. The van der Waals surface area contributed by atoms with Crippen LogP contribution >= 0.6 is 0 Å². The average molecular weight is 250 g/mol. The standard InChI is InChI=1S/C12H18N4O2/c1-4-5-6-18-11-13-7-8-9(15-11)16-12(2,3)10(17)14-8/h7H,4-6H2,1-3H3,(H,14,17)(H,13,15,16). The van der Waals surface area contributed by atoms with Crippen molar-refractivity contribution in [2.45, 2.75) is 39.2 Å². The molecule has 2 N–H and O–H groups in total. The van der Waals surface area contributed by atoms with Gasteiger partial charge in [0.2, 0.25) is 5.91 Å². The SMILES string of the molecule is CCCCOc1ncc2c(n1)NC(C)(C)C(=O)N2. The Morgan fingerprint density at radius 1 is 1.44 bits per heavy atom. The van der Waals surface area contributed by atoms with Crippen LogP contribution in [-0.4, -0.2) is 28.0 Å². The number of anilines is 2. The van der Waals surface area contributed by atoms with Crippen molar-refractivity contribution >= 4 is 17.4 Å². The van der Waals surface area contributed by atoms with Crippen LogP contribution in [0.5, 0.6) is 6.01 Å². The van der Waals surface area contributed by atoms with Gasteiger partial charge in [0.1, 0.15) is 11.2 Å². The van der Waals surface area contributed by atoms with Gasteiger partial charge in [-0.25, -0.2) is 4.98 Å². The van der Waals surface area contributed by atoms with Gasteiger partial charge in [0.25, 0.3) is 0 Å². The van der Waals surface area contributed by atoms with Crippen molar-refractivity contribution in [2.75, 3.05) is 17.2 Å². The van der Waals surface area contributed by atoms with Crippen molar-refractivity contribution in [1.29, 1.82) is 0 Å². The first-order valence-electron chi connectivity index (χ1n) is 6.12. The lowest BCUT2D eigenvalue weighted by Crippen LogP contribution is -2.47. The molecule has 98 valence electrons. The largest absolute Gasteiger partial charge is 0.463 e. The maximum atomic E-state index is 11.7. The number of ether oxygens (including phenoxy) is 1. The molecule has 0 atom stereocenters. The van der Waals surface area contributed by atoms with Gasteiger partial charge >= 0.3 is 6.01 Å². The lowest BCUT2D eigenvalue weighted by atomic mass is 10.0. The first-order chi connectivity index (χ1) is 8.53. The Morgan fingerprint density at radius 3 is 2.94 bits per heavy atom. The number of fused-ring (bicyclic) bond motifs is 1. The molecular weight excluding hydrogens is 232 g/mol. The third kappa shape index (κ3) is 2.52. The summed E-state index contributed by atoms with van der Waals surface area (Å²) < 4.78 is 5.43. The van der Waals surface area contributed by atoms with Crippen LogP contribution in [-0.2, 0) is 4.79 Å². The zero-order valence-corrected chi connectivity index (χ0v) is 10.9. The number of nitrogens with zero attached hydrogens (tertiary/aromatic N) is 2. The molecule has 1 aliphatic rings. The van der Waals surface area contributed by atoms with Gasteiger partial charge in [0.15, 0.2) is 5.82 Å². The predicted octanol–water partition coefficient (Wildman–Crippen LogP) is 1.80. The van der Waals surface area contributed by atoms with Crippen LogP contribution in [0, 0.1) is 0 Å². The minimum absolute atomic E-state index is 0.0988. The molecule has 6 nitrogen and oxygen atoms in total. The van der Waals surface area contributed by atoms with Crippen LogP contribution in [0.3, 0.4) is 0 Å². The summed E-state index contributed by atoms with van der Waals surface area (Å²) in [4.78, 5) is 20.0. The molecular formula is C12H18N4O2. The third-order valence-electron chi connectivity index (χ3n) is 2.74. The van der Waals surface area contributed by atoms with Crippen molar-refractivity contribution < 1.29 is 9.53 Å². The number of rotatable bonds is 4. The van der Waals surface area contributed by atoms with E-state index in [1.54, 1.807) is 20.0 Å². The van der Waals surface area contributed by atoms with Crippen LogP contribution in [0.25, 0.3) is 0 Å². The van der Waals surface area contributed by atoms with Crippen LogP contribution in [0.1, 0.15) is 33.6 Å². The Morgan fingerprint density at radius 2 is 2.22 bits per heavy atom. The second-order valence-electron chi connectivity index (χ2n) is 4.82. The van der Waals surface area contributed by atoms with E-state index < -0.39 is 5.54 Å². The molecule has 0 aliphatic carbocycles. The monoisotopic (exact) mass is 250 g/mol. The van der Waals surface area contributed by atoms with E-state index in [0.29, 0.717) is 24.1 Å². The smallest absolute Gasteiger partial charge is 0.318 e. The fourth-order valence-electron chi connectivity index (χ4n) is 1.56. The minimum atomic E-state index is -0.679. The average Bonchev–Trinajstić information content (AvgIpc) is 2.31. The van der Waals surface area contributed by atoms with Gasteiger partial charge in [-0.05, 0) is 20.3 Å². The summed E-state index contributed by atoms with van der Waals surface area (Å²) in [6.07, 6.45) is 3.59. The number of hydrogen-bond donors (Lipinski definition) is 2. The molecule has 2 rings (SSSR count). The zero-order valence-electron chi connectivity index (χ0n) is 10.9. The number of carbonyl (C=O) groups excluding carboxylic acids is 1. The normalized spacial score (nSPS) is 16.5. The maximum absolute atomic E-state index is 11.7. The Balaban J connectivity index is 2.14. The van der Waals surface area contributed by atoms with Crippen LogP contribution in [0.15, 0.2) is 6.20 Å². The lowest BCUT2D eigenvalue weighted by Gasteiger charge is -2.31. The molecule has 1 aliphatic heterocycles. The molecule has 0 saturated carbocycles. The van der Waals surface area contributed by atoms with E-state index in [9.17, 15) is 4.79 Å². The van der Waals surface area contributed by atoms with Gasteiger partial charge in [-0.3, -0.25) is 4.79 Å². The summed E-state index contributed by atoms with van der Waals surface area (Å²) in [5.41, 5.74) is -0.0932. The van der Waals surface area contributed by atoms with Crippen molar-refractivity contribution in [3.8, 4) is 6.01 Å². The first-order valence-corrected chi connectivity index (χ1v) is 6.12. The second kappa shape index (κ2) is 4.80. The van der Waals surface area contributed by atoms with E-state index in [-0.39, 0.29) is 5.91 Å². The van der Waals surface area contributed by atoms with E-state index in [1.165, 1.54) is 0 Å². The molecule has 0 saturated heterocycles. The molecule has 2 heterocycles. The summed E-state index contributed by atoms with van der Waals surface area (Å²) in [6.45, 7) is 6.29. The van der Waals surface area contributed by atoms with Gasteiger partial charge in [0, 0.05) is 0 Å². The zero-order chi connectivity index (χ0) is 13.2. The molecule has 6 heteroatoms. The van der Waals surface area contributed by atoms with Crippen LogP contribution in [0.2, 0.25) is 0 Å². The number of hydrogen-bond acceptors (Lipinski definition) is 5. The summed E-state index contributed by atoms with van der Waals surface area (Å²) in [6, 6.07) is 0.335. The van der Waals surface area contributed by atoms with Gasteiger partial charge in [-0.1, -0.05) is 13.3 Å². The van der Waals surface area contributed by atoms with Crippen molar-refractivity contribution in [3.05, 3.63) is 6.20 Å². The highest BCUT2D eigenvalue weighted by atomic mass is 16.5. The van der Waals surface area contributed by atoms with E-state index in [0.717, 1.165) is 12.8 Å². The van der Waals surface area contributed by atoms with Crippen molar-refractivity contribution in [3.63, 3.8) is 0 Å². The Bertz CT molecular complexity index is 459. The Kier molecular flexibility index (Phi) is 3.36. The van der Waals surface area contributed by atoms with Crippen molar-refractivity contribution in [1.82, 2.24) is 9.97 Å². The summed E-state index contributed by atoms with van der Waals surface area (Å²) in [5.74, 6) is 0.499. The fraction of sp³-hybridized carbons (Fsp3) is 0.583. The predicted molar refractivity (Wildman–Crippen MR) is 68.8 cm³/mol. The summed E-state index contributed by atoms with van der Waals surface area (Å²) in [5, 5.41) is 5.84. The fourth-order valence-corrected chi connectivity index (χ4v) is 1.56. The third-order valence-corrected chi connectivity index (χ3v) is 2.74. The number of carbonyl (C=O) groups is 1. The molecule has 0 radical (unpaired) electrons. The van der Waals surface area contributed by atoms with E-state index >= 15 is 0 Å². The topological polar surface area (TPSA) is 76.1 Å². The minimum Gasteiger partial charge on any atom is -0.463 e. The van der Waals surface area contributed by atoms with Crippen molar-refractivity contribution in [2.24, 2.45) is 0 Å². The molecule has 0 unspecified atom stereocenters. The molecule has 0 aromatic carbocycles. The highest BCUT2D eigenvalue weighted by molar-refractivity contribution is 6.04. The van der Waals surface area contributed by atoms with E-state index in [4.69, 9.17) is 4.74 Å². The summed E-state index contributed by atoms with van der Waals surface area (Å²) in [7, 11) is 0. The molecule has 0 spiro atoms. The molecule has 1 amide bonds. The highest BCUT2D eigenvalue weighted by Gasteiger charge is 2.34. The van der Waals surface area contributed by atoms with Gasteiger partial charge in [-0.2, -0.15) is 4.98 Å². The highest BCUT2D eigenvalue weighted by Crippen LogP contribution is 2.29. The van der Waals surface area contributed by atoms with Gasteiger partial charge in [0.05, 0.1) is 12.8 Å². The van der Waals surface area contributed by atoms with Gasteiger partial charge < -0.3 is 15.4 Å². The molecule has 1 aromatic heterocycles. The Labute approximate surface area is 106 Å². The number of amides is 1. The number of unbranched alkanes of at least 4 members (excludes halogenated alkanes) is 1. The van der Waals surface area contributed by atoms with Crippen LogP contribution < -0.4 is 15.4 Å². The van der Waals surface area contributed by atoms with E-state index in [1.807, 2.05) is 0 Å². The lowest BCUT2D eigenvalue weighted by molar-refractivity contribution is -0.119. The van der Waals surface area contributed by atoms with Gasteiger partial charge in [-0.15, -0.1) is 0 Å². The van der Waals surface area contributed by atoms with E-state index in [2.05, 4.69) is 27.5 Å². The number of aromatic nitrogens is 2. The van der Waals surface area contributed by atoms with Crippen LogP contribution in [0.4, 0.5) is 11.5 Å². The first kappa shape index (κ1) is 12.6.